The average molecular weight is 214 g/mol. The number of aryl methyl sites for hydroxylation is 1. The van der Waals surface area contributed by atoms with Crippen LogP contribution >= 0.6 is 0 Å². The Balaban J connectivity index is 2.68. The highest BCUT2D eigenvalue weighted by atomic mass is 16.5. The third-order valence-corrected chi connectivity index (χ3v) is 2.64. The molecule has 16 heavy (non-hydrogen) atoms. The van der Waals surface area contributed by atoms with Gasteiger partial charge in [-0.1, -0.05) is 30.3 Å². The van der Waals surface area contributed by atoms with E-state index in [9.17, 15) is 5.11 Å². The van der Waals surface area contributed by atoms with Crippen LogP contribution in [0.1, 0.15) is 5.56 Å². The van der Waals surface area contributed by atoms with E-state index >= 15 is 0 Å². The number of phenolic OH excluding ortho intramolecular Hbond substituents is 1. The Morgan fingerprint density at radius 1 is 1.00 bits per heavy atom. The number of rotatable bonds is 2. The molecular formula is C14H14O2. The Morgan fingerprint density at radius 3 is 2.44 bits per heavy atom. The molecule has 0 aliphatic carbocycles. The SMILES string of the molecule is COc1cccc(O)c1-c1ccccc1C. The topological polar surface area (TPSA) is 29.5 Å². The normalized spacial score (nSPS) is 10.1. The summed E-state index contributed by atoms with van der Waals surface area (Å²) < 4.78 is 5.28. The number of hydrogen-bond acceptors (Lipinski definition) is 2. The van der Waals surface area contributed by atoms with Gasteiger partial charge in [-0.2, -0.15) is 0 Å². The van der Waals surface area contributed by atoms with Gasteiger partial charge in [0.05, 0.1) is 12.7 Å². The zero-order valence-electron chi connectivity index (χ0n) is 9.40. The maximum atomic E-state index is 9.92. The second-order valence-electron chi connectivity index (χ2n) is 3.67. The highest BCUT2D eigenvalue weighted by Gasteiger charge is 2.11. The van der Waals surface area contributed by atoms with Crippen molar-refractivity contribution in [2.45, 2.75) is 6.92 Å². The smallest absolute Gasteiger partial charge is 0.130 e. The molecule has 0 atom stereocenters. The standard InChI is InChI=1S/C14H14O2/c1-10-6-3-4-7-11(10)14-12(15)8-5-9-13(14)16-2/h3-9,15H,1-2H3. The Bertz CT molecular complexity index is 504. The number of hydrogen-bond donors (Lipinski definition) is 1. The van der Waals surface area contributed by atoms with Crippen LogP contribution in [0.3, 0.4) is 0 Å². The molecule has 0 aromatic heterocycles. The first-order valence-corrected chi connectivity index (χ1v) is 5.16. The largest absolute Gasteiger partial charge is 0.507 e. The molecule has 0 saturated heterocycles. The van der Waals surface area contributed by atoms with E-state index in [-0.39, 0.29) is 5.75 Å². The summed E-state index contributed by atoms with van der Waals surface area (Å²) in [6.07, 6.45) is 0. The molecular weight excluding hydrogens is 200 g/mol. The molecule has 0 aliphatic heterocycles. The summed E-state index contributed by atoms with van der Waals surface area (Å²) in [6.45, 7) is 2.02. The van der Waals surface area contributed by atoms with Gasteiger partial charge in [0.25, 0.3) is 0 Å². The molecule has 2 aromatic carbocycles. The van der Waals surface area contributed by atoms with E-state index in [2.05, 4.69) is 0 Å². The quantitative estimate of drug-likeness (QED) is 0.830. The maximum Gasteiger partial charge on any atom is 0.130 e. The van der Waals surface area contributed by atoms with Crippen molar-refractivity contribution in [3.63, 3.8) is 0 Å². The third-order valence-electron chi connectivity index (χ3n) is 2.64. The van der Waals surface area contributed by atoms with Crippen molar-refractivity contribution in [2.75, 3.05) is 7.11 Å². The van der Waals surface area contributed by atoms with Crippen molar-refractivity contribution >= 4 is 0 Å². The number of ether oxygens (including phenoxy) is 1. The lowest BCUT2D eigenvalue weighted by atomic mass is 9.99. The van der Waals surface area contributed by atoms with E-state index in [0.29, 0.717) is 5.75 Å². The molecule has 1 N–H and O–H groups in total. The number of aromatic hydroxyl groups is 1. The second-order valence-corrected chi connectivity index (χ2v) is 3.67. The lowest BCUT2D eigenvalue weighted by Crippen LogP contribution is -1.90. The van der Waals surface area contributed by atoms with Crippen molar-refractivity contribution in [3.8, 4) is 22.6 Å². The lowest BCUT2D eigenvalue weighted by Gasteiger charge is -2.12. The van der Waals surface area contributed by atoms with Crippen LogP contribution in [0.15, 0.2) is 42.5 Å². The summed E-state index contributed by atoms with van der Waals surface area (Å²) in [4.78, 5) is 0. The van der Waals surface area contributed by atoms with E-state index in [0.717, 1.165) is 16.7 Å². The van der Waals surface area contributed by atoms with Crippen molar-refractivity contribution in [1.82, 2.24) is 0 Å². The molecule has 0 bridgehead atoms. The van der Waals surface area contributed by atoms with Crippen molar-refractivity contribution < 1.29 is 9.84 Å². The van der Waals surface area contributed by atoms with Gasteiger partial charge >= 0.3 is 0 Å². The zero-order chi connectivity index (χ0) is 11.5. The van der Waals surface area contributed by atoms with E-state index in [1.54, 1.807) is 19.2 Å². The Morgan fingerprint density at radius 2 is 1.75 bits per heavy atom. The minimum Gasteiger partial charge on any atom is -0.507 e. The molecule has 0 aliphatic rings. The van der Waals surface area contributed by atoms with Crippen LogP contribution in [0.5, 0.6) is 11.5 Å². The molecule has 2 nitrogen and oxygen atoms in total. The Labute approximate surface area is 95.1 Å². The van der Waals surface area contributed by atoms with E-state index in [1.165, 1.54) is 0 Å². The minimum atomic E-state index is 0.244. The van der Waals surface area contributed by atoms with Gasteiger partial charge in [0.1, 0.15) is 11.5 Å². The molecule has 82 valence electrons. The van der Waals surface area contributed by atoms with Crippen LogP contribution in [0.4, 0.5) is 0 Å². The van der Waals surface area contributed by atoms with Crippen molar-refractivity contribution in [2.24, 2.45) is 0 Å². The average Bonchev–Trinajstić information content (AvgIpc) is 2.30. The molecule has 0 unspecified atom stereocenters. The fourth-order valence-corrected chi connectivity index (χ4v) is 1.81. The van der Waals surface area contributed by atoms with Gasteiger partial charge in [-0.3, -0.25) is 0 Å². The van der Waals surface area contributed by atoms with E-state index in [1.807, 2.05) is 37.3 Å². The molecule has 0 spiro atoms. The third kappa shape index (κ3) is 1.74. The lowest BCUT2D eigenvalue weighted by molar-refractivity contribution is 0.410. The molecule has 0 amide bonds. The summed E-state index contributed by atoms with van der Waals surface area (Å²) in [7, 11) is 1.61. The van der Waals surface area contributed by atoms with Crippen LogP contribution < -0.4 is 4.74 Å². The monoisotopic (exact) mass is 214 g/mol. The summed E-state index contributed by atoms with van der Waals surface area (Å²) in [5.74, 6) is 0.933. The Kier molecular flexibility index (Phi) is 2.82. The number of methoxy groups -OCH3 is 1. The predicted octanol–water partition coefficient (Wildman–Crippen LogP) is 3.38. The van der Waals surface area contributed by atoms with Gasteiger partial charge in [-0.15, -0.1) is 0 Å². The van der Waals surface area contributed by atoms with Gasteiger partial charge in [-0.05, 0) is 30.2 Å². The molecule has 0 fully saturated rings. The highest BCUT2D eigenvalue weighted by Crippen LogP contribution is 2.38. The zero-order valence-corrected chi connectivity index (χ0v) is 9.40. The fourth-order valence-electron chi connectivity index (χ4n) is 1.81. The summed E-state index contributed by atoms with van der Waals surface area (Å²) in [5.41, 5.74) is 2.86. The van der Waals surface area contributed by atoms with Crippen LogP contribution in [0, 0.1) is 6.92 Å². The van der Waals surface area contributed by atoms with E-state index < -0.39 is 0 Å². The van der Waals surface area contributed by atoms with Gasteiger partial charge in [-0.25, -0.2) is 0 Å². The van der Waals surface area contributed by atoms with Crippen LogP contribution in [0.25, 0.3) is 11.1 Å². The number of phenols is 1. The van der Waals surface area contributed by atoms with Crippen LogP contribution in [-0.2, 0) is 0 Å². The van der Waals surface area contributed by atoms with Gasteiger partial charge in [0.15, 0.2) is 0 Å². The first-order valence-electron chi connectivity index (χ1n) is 5.16. The van der Waals surface area contributed by atoms with E-state index in [4.69, 9.17) is 4.74 Å². The summed E-state index contributed by atoms with van der Waals surface area (Å²) >= 11 is 0. The molecule has 2 rings (SSSR count). The number of benzene rings is 2. The molecule has 2 heteroatoms. The summed E-state index contributed by atoms with van der Waals surface area (Å²) in [6, 6.07) is 13.2. The van der Waals surface area contributed by atoms with Crippen molar-refractivity contribution in [1.29, 1.82) is 0 Å². The summed E-state index contributed by atoms with van der Waals surface area (Å²) in [5, 5.41) is 9.92. The fraction of sp³-hybridized carbons (Fsp3) is 0.143. The van der Waals surface area contributed by atoms with Crippen LogP contribution in [0.2, 0.25) is 0 Å². The predicted molar refractivity (Wildman–Crippen MR) is 64.8 cm³/mol. The van der Waals surface area contributed by atoms with Gasteiger partial charge in [0, 0.05) is 0 Å². The minimum absolute atomic E-state index is 0.244. The molecule has 0 saturated carbocycles. The molecule has 0 radical (unpaired) electrons. The second kappa shape index (κ2) is 4.27. The molecule has 0 heterocycles. The Hall–Kier alpha value is -1.96. The first kappa shape index (κ1) is 10.6. The molecule has 2 aromatic rings. The van der Waals surface area contributed by atoms with Crippen molar-refractivity contribution in [3.05, 3.63) is 48.0 Å². The highest BCUT2D eigenvalue weighted by molar-refractivity contribution is 5.78. The van der Waals surface area contributed by atoms with Gasteiger partial charge < -0.3 is 9.84 Å². The first-order chi connectivity index (χ1) is 7.74. The van der Waals surface area contributed by atoms with Gasteiger partial charge in [0.2, 0.25) is 0 Å². The maximum absolute atomic E-state index is 9.92. The van der Waals surface area contributed by atoms with Crippen LogP contribution in [-0.4, -0.2) is 12.2 Å².